The Morgan fingerprint density at radius 3 is 1.79 bits per heavy atom. The van der Waals surface area contributed by atoms with E-state index in [4.69, 9.17) is 51.6 Å². The highest BCUT2D eigenvalue weighted by atomic mass is 32.3. The van der Waals surface area contributed by atoms with Gasteiger partial charge in [0, 0.05) is 0 Å². The van der Waals surface area contributed by atoms with Crippen LogP contribution in [0.3, 0.4) is 0 Å². The fourth-order valence-electron chi connectivity index (χ4n) is 15.5. The van der Waals surface area contributed by atoms with Crippen molar-refractivity contribution < 1.29 is 131 Å². The minimum Gasteiger partial charge on any atom is -0.394 e. The Bertz CT molecular complexity index is 2400. The first-order chi connectivity index (χ1) is 39.3. The molecule has 0 spiro atoms. The van der Waals surface area contributed by atoms with Crippen molar-refractivity contribution in [2.24, 2.45) is 34.5 Å². The number of aliphatic hydroxyl groups excluding tert-OH is 12. The van der Waals surface area contributed by atoms with Crippen LogP contribution in [0.15, 0.2) is 23.3 Å². The molecule has 14 N–H and O–H groups in total. The summed E-state index contributed by atoms with van der Waals surface area (Å²) in [5.41, 5.74) is 0.501. The van der Waals surface area contributed by atoms with Crippen molar-refractivity contribution in [3.63, 3.8) is 0 Å². The number of rotatable bonds is 17. The predicted octanol–water partition coefficient (Wildman–Crippen LogP) is -1.94. The van der Waals surface area contributed by atoms with Crippen LogP contribution in [0, 0.1) is 34.5 Å². The SMILES string of the molecule is CC(C)=CCC[C@](C)(O)[C@H]1CCC2C3C[C@H](O[C@@H]4O[C@H](C)[C@@H](O)[C@H](O[C@@H]5OC[C@@H](O[C@@H]6O[C@H](CO)[C@@H](O)[C@H](O)[C@H]6O[C@@H]6O[C@H](C)[C@H](O)[C@H](O)[C@H]6O)[C@H](O)[C@H]5O[C@@H]5O[C@H](C)[C@@H](O)[C@H](O)[C@H]5O)[C@H]4O)C4C[C@@H](OS(=O)(=O)O)CC[C@]4(C)C3=CC[C@@]21C. The fraction of sp³-hybridized carbons (Fsp3) is 0.929. The Labute approximate surface area is 489 Å². The van der Waals surface area contributed by atoms with Gasteiger partial charge in [-0.05, 0) is 134 Å². The first-order valence-electron chi connectivity index (χ1n) is 29.6. The topological polar surface area (TPSA) is 419 Å². The molecule has 0 aromatic heterocycles. The Hall–Kier alpha value is -1.57. The Morgan fingerprint density at radius 2 is 1.20 bits per heavy atom. The average Bonchev–Trinajstić information content (AvgIpc) is 1.36. The number of aliphatic hydroxyl groups is 13. The van der Waals surface area contributed by atoms with Crippen LogP contribution in [-0.4, -0.2) is 258 Å². The first-order valence-corrected chi connectivity index (χ1v) is 31.0. The lowest BCUT2D eigenvalue weighted by Crippen LogP contribution is -2.67. The zero-order valence-corrected chi connectivity index (χ0v) is 49.5. The third-order valence-electron chi connectivity index (χ3n) is 20.3. The first kappa shape index (κ1) is 66.8. The molecular weight excluding hydrogens is 1140 g/mol. The van der Waals surface area contributed by atoms with Crippen LogP contribution in [0.25, 0.3) is 0 Å². The van der Waals surface area contributed by atoms with E-state index in [1.807, 2.05) is 20.8 Å². The molecule has 0 aromatic carbocycles. The molecule has 0 aromatic rings. The number of hydrogen-bond acceptors (Lipinski definition) is 26. The molecule has 28 heteroatoms. The van der Waals surface area contributed by atoms with Crippen molar-refractivity contribution in [1.29, 1.82) is 0 Å². The van der Waals surface area contributed by atoms with E-state index >= 15 is 0 Å². The molecule has 9 aliphatic rings. The third-order valence-corrected chi connectivity index (χ3v) is 20.8. The van der Waals surface area contributed by atoms with Gasteiger partial charge in [0.15, 0.2) is 31.5 Å². The van der Waals surface area contributed by atoms with Crippen LogP contribution in [0.4, 0.5) is 0 Å². The van der Waals surface area contributed by atoms with Crippen molar-refractivity contribution in [2.75, 3.05) is 13.2 Å². The third kappa shape index (κ3) is 13.2. The van der Waals surface area contributed by atoms with E-state index in [-0.39, 0.29) is 29.6 Å². The second-order valence-electron chi connectivity index (χ2n) is 26.2. The van der Waals surface area contributed by atoms with E-state index in [2.05, 4.69) is 26.0 Å². The summed E-state index contributed by atoms with van der Waals surface area (Å²) < 4.78 is 100. The van der Waals surface area contributed by atoms with Gasteiger partial charge in [-0.1, -0.05) is 37.1 Å². The van der Waals surface area contributed by atoms with Crippen LogP contribution in [0.2, 0.25) is 0 Å². The summed E-state index contributed by atoms with van der Waals surface area (Å²) in [5.74, 6) is -0.471. The largest absolute Gasteiger partial charge is 0.397 e. The summed E-state index contributed by atoms with van der Waals surface area (Å²) in [6.45, 7) is 13.1. The Kier molecular flexibility index (Phi) is 20.7. The van der Waals surface area contributed by atoms with Gasteiger partial charge in [-0.3, -0.25) is 4.55 Å². The highest BCUT2D eigenvalue weighted by Crippen LogP contribution is 2.67. The van der Waals surface area contributed by atoms with E-state index in [1.165, 1.54) is 31.9 Å². The van der Waals surface area contributed by atoms with Crippen LogP contribution in [-0.2, 0) is 62.0 Å². The molecule has 3 saturated carbocycles. The van der Waals surface area contributed by atoms with Gasteiger partial charge in [0.25, 0.3) is 0 Å². The molecule has 8 fully saturated rings. The van der Waals surface area contributed by atoms with Crippen LogP contribution in [0.5, 0.6) is 0 Å². The zero-order valence-electron chi connectivity index (χ0n) is 48.7. The smallest absolute Gasteiger partial charge is 0.394 e. The lowest BCUT2D eigenvalue weighted by atomic mass is 9.47. The van der Waals surface area contributed by atoms with Gasteiger partial charge < -0.3 is 114 Å². The summed E-state index contributed by atoms with van der Waals surface area (Å²) in [5, 5.41) is 145. The number of ether oxygens (including phenoxy) is 10. The molecule has 9 rings (SSSR count). The fourth-order valence-corrected chi connectivity index (χ4v) is 16.1. The van der Waals surface area contributed by atoms with Gasteiger partial charge in [-0.15, -0.1) is 0 Å². The molecule has 5 saturated heterocycles. The number of hydrogen-bond donors (Lipinski definition) is 14. The summed E-state index contributed by atoms with van der Waals surface area (Å²) >= 11 is 0. The molecule has 5 heterocycles. The molecule has 27 nitrogen and oxygen atoms in total. The Morgan fingerprint density at radius 1 is 0.643 bits per heavy atom. The molecule has 33 atom stereocenters. The Balaban J connectivity index is 0.982. The summed E-state index contributed by atoms with van der Waals surface area (Å²) in [7, 11) is -4.86. The molecule has 3 unspecified atom stereocenters. The molecular formula is C56H92O27S. The number of allylic oxidation sites excluding steroid dienone is 4. The summed E-state index contributed by atoms with van der Waals surface area (Å²) in [6, 6.07) is 0. The van der Waals surface area contributed by atoms with Crippen molar-refractivity contribution in [2.45, 2.75) is 278 Å². The maximum atomic E-state index is 12.4. The van der Waals surface area contributed by atoms with Gasteiger partial charge in [0.1, 0.15) is 97.7 Å². The van der Waals surface area contributed by atoms with Crippen molar-refractivity contribution in [1.82, 2.24) is 0 Å². The van der Waals surface area contributed by atoms with E-state index in [1.54, 1.807) is 0 Å². The minimum absolute atomic E-state index is 0.0334. The van der Waals surface area contributed by atoms with E-state index in [9.17, 15) is 79.4 Å². The van der Waals surface area contributed by atoms with Gasteiger partial charge in [-0.2, -0.15) is 8.42 Å². The monoisotopic (exact) mass is 1230 g/mol. The number of fused-ring (bicyclic) bond motifs is 5. The molecule has 0 bridgehead atoms. The van der Waals surface area contributed by atoms with Crippen LogP contribution >= 0.6 is 0 Å². The predicted molar refractivity (Wildman–Crippen MR) is 285 cm³/mol. The molecule has 84 heavy (non-hydrogen) atoms. The van der Waals surface area contributed by atoms with Crippen molar-refractivity contribution in [3.8, 4) is 0 Å². The van der Waals surface area contributed by atoms with Crippen molar-refractivity contribution >= 4 is 10.4 Å². The van der Waals surface area contributed by atoms with E-state index in [0.717, 1.165) is 19.3 Å². The highest BCUT2D eigenvalue weighted by Gasteiger charge is 2.63. The second-order valence-corrected chi connectivity index (χ2v) is 27.2. The van der Waals surface area contributed by atoms with Crippen molar-refractivity contribution in [3.05, 3.63) is 23.3 Å². The standard InChI is InChI=1S/C56H92O27S/c1-22(2)10-9-15-56(8,69)34-12-11-28-27-19-31(30-18-26(83-84(70,71)72)13-16-54(30,6)29(27)14-17-55(28,34)7)77-51-45(68)46(37(60)25(5)76-51)80-52-47(81-49-43(66)40(63)35(58)23(3)74-49)39(62)33(21-73-52)79-53-48(42(65)38(61)32(20-57)78-53)82-50-44(67)41(64)36(59)24(4)75-50/h10,14,23-28,30-53,57-69H,9,11-13,15-21H2,1-8H3,(H,70,71,72)/t23-,24-,25-,26+,27?,28?,30?,31+,32-,33-,34+,35-,36+,37-,38-,39+,40+,41+,42+,43-,44-,45-,46+,47-,48-,49+,50+,51+,52+,53+,54-,55+,56+/m1/s1. The molecule has 484 valence electrons. The summed E-state index contributed by atoms with van der Waals surface area (Å²) in [4.78, 5) is 0. The molecule has 0 radical (unpaired) electrons. The average molecular weight is 1230 g/mol. The molecule has 4 aliphatic carbocycles. The quantitative estimate of drug-likeness (QED) is 0.0557. The van der Waals surface area contributed by atoms with E-state index in [0.29, 0.717) is 32.1 Å². The lowest BCUT2D eigenvalue weighted by Gasteiger charge is -2.60. The van der Waals surface area contributed by atoms with E-state index < -0.39 is 200 Å². The maximum absolute atomic E-state index is 12.4. The highest BCUT2D eigenvalue weighted by molar-refractivity contribution is 7.80. The van der Waals surface area contributed by atoms with Gasteiger partial charge >= 0.3 is 10.4 Å². The zero-order chi connectivity index (χ0) is 61.4. The van der Waals surface area contributed by atoms with Crippen LogP contribution in [0.1, 0.15) is 113 Å². The second kappa shape index (κ2) is 26.0. The minimum atomic E-state index is -4.86. The van der Waals surface area contributed by atoms with Gasteiger partial charge in [0.05, 0.1) is 49.3 Å². The van der Waals surface area contributed by atoms with Crippen LogP contribution < -0.4 is 0 Å². The van der Waals surface area contributed by atoms with Gasteiger partial charge in [0.2, 0.25) is 0 Å². The molecule has 0 amide bonds. The normalized spacial score (nSPS) is 51.6. The maximum Gasteiger partial charge on any atom is 0.397 e. The van der Waals surface area contributed by atoms with Gasteiger partial charge in [-0.25, -0.2) is 4.18 Å². The molecule has 5 aliphatic heterocycles. The summed E-state index contributed by atoms with van der Waals surface area (Å²) in [6.07, 6.45) is -33.0. The lowest BCUT2D eigenvalue weighted by molar-refractivity contribution is -0.398.